The third kappa shape index (κ3) is 3.68. The average Bonchev–Trinajstić information content (AvgIpc) is 3.04. The third-order valence-electron chi connectivity index (χ3n) is 2.53. The van der Waals surface area contributed by atoms with Gasteiger partial charge < -0.3 is 14.6 Å². The topological polar surface area (TPSA) is 94.2 Å². The highest BCUT2D eigenvalue weighted by Crippen LogP contribution is 2.19. The van der Waals surface area contributed by atoms with Gasteiger partial charge in [-0.1, -0.05) is 5.16 Å². The number of urea groups is 1. The summed E-state index contributed by atoms with van der Waals surface area (Å²) in [6, 6.07) is 2.07. The predicted octanol–water partition coefficient (Wildman–Crippen LogP) is 1.68. The van der Waals surface area contributed by atoms with Crippen molar-refractivity contribution in [3.8, 4) is 5.88 Å². The molecule has 0 atom stereocenters. The summed E-state index contributed by atoms with van der Waals surface area (Å²) >= 11 is 0. The maximum absolute atomic E-state index is 12.3. The minimum absolute atomic E-state index is 0.0446. The number of nitrogens with one attached hydrogen (secondary N) is 2. The van der Waals surface area contributed by atoms with Crippen LogP contribution in [0.4, 0.5) is 19.4 Å². The van der Waals surface area contributed by atoms with Gasteiger partial charge in [0.15, 0.2) is 0 Å². The SMILES string of the molecule is COc1cc(NC(=O)NCc2cc(C(F)F)on2)n(C)n1. The monoisotopic (exact) mass is 301 g/mol. The Morgan fingerprint density at radius 2 is 2.29 bits per heavy atom. The zero-order valence-corrected chi connectivity index (χ0v) is 11.3. The van der Waals surface area contributed by atoms with Crippen LogP contribution < -0.4 is 15.4 Å². The molecule has 0 saturated heterocycles. The van der Waals surface area contributed by atoms with E-state index in [-0.39, 0.29) is 12.2 Å². The van der Waals surface area contributed by atoms with Gasteiger partial charge in [-0.25, -0.2) is 18.3 Å². The number of hydrogen-bond acceptors (Lipinski definition) is 5. The molecule has 2 aromatic rings. The van der Waals surface area contributed by atoms with Crippen LogP contribution in [0.3, 0.4) is 0 Å². The van der Waals surface area contributed by atoms with Crippen LogP contribution in [0.5, 0.6) is 5.88 Å². The predicted molar refractivity (Wildman–Crippen MR) is 67.1 cm³/mol. The van der Waals surface area contributed by atoms with E-state index in [1.165, 1.54) is 17.9 Å². The minimum atomic E-state index is -2.73. The molecule has 0 radical (unpaired) electrons. The lowest BCUT2D eigenvalue weighted by atomic mass is 10.3. The van der Waals surface area contributed by atoms with Crippen LogP contribution in [0, 0.1) is 0 Å². The number of carbonyl (C=O) groups excluding carboxylic acids is 1. The van der Waals surface area contributed by atoms with E-state index in [1.54, 1.807) is 7.05 Å². The molecule has 2 amide bonds. The first-order valence-electron chi connectivity index (χ1n) is 5.86. The number of rotatable bonds is 5. The Morgan fingerprint density at radius 3 is 2.86 bits per heavy atom. The summed E-state index contributed by atoms with van der Waals surface area (Å²) in [5.41, 5.74) is 0.197. The van der Waals surface area contributed by atoms with Gasteiger partial charge in [-0.05, 0) is 0 Å². The Labute approximate surface area is 118 Å². The van der Waals surface area contributed by atoms with Crippen molar-refractivity contribution < 1.29 is 22.8 Å². The molecule has 8 nitrogen and oxygen atoms in total. The van der Waals surface area contributed by atoms with Crippen LogP contribution in [0.15, 0.2) is 16.7 Å². The van der Waals surface area contributed by atoms with E-state index in [0.717, 1.165) is 6.07 Å². The molecule has 2 heterocycles. The summed E-state index contributed by atoms with van der Waals surface area (Å²) in [7, 11) is 3.09. The van der Waals surface area contributed by atoms with Gasteiger partial charge in [-0.15, -0.1) is 5.10 Å². The maximum atomic E-state index is 12.3. The summed E-state index contributed by atoms with van der Waals surface area (Å²) in [6.07, 6.45) is -2.73. The fourth-order valence-corrected chi connectivity index (χ4v) is 1.50. The van der Waals surface area contributed by atoms with Gasteiger partial charge in [0.25, 0.3) is 6.43 Å². The van der Waals surface area contributed by atoms with Crippen molar-refractivity contribution in [2.75, 3.05) is 12.4 Å². The van der Waals surface area contributed by atoms with Crippen LogP contribution in [-0.4, -0.2) is 28.1 Å². The molecule has 0 bridgehead atoms. The van der Waals surface area contributed by atoms with Crippen LogP contribution in [0.25, 0.3) is 0 Å². The molecule has 21 heavy (non-hydrogen) atoms. The summed E-state index contributed by atoms with van der Waals surface area (Å²) in [5, 5.41) is 12.4. The van der Waals surface area contributed by atoms with E-state index in [9.17, 15) is 13.6 Å². The molecular weight excluding hydrogens is 288 g/mol. The highest BCUT2D eigenvalue weighted by Gasteiger charge is 2.15. The molecule has 2 rings (SSSR count). The van der Waals surface area contributed by atoms with Crippen LogP contribution in [0.2, 0.25) is 0 Å². The summed E-state index contributed by atoms with van der Waals surface area (Å²) in [6.45, 7) is -0.0446. The van der Waals surface area contributed by atoms with Crippen molar-refractivity contribution >= 4 is 11.8 Å². The Bertz CT molecular complexity index is 625. The smallest absolute Gasteiger partial charge is 0.320 e. The number of hydrogen-bond donors (Lipinski definition) is 2. The normalized spacial score (nSPS) is 10.7. The van der Waals surface area contributed by atoms with Gasteiger partial charge in [0.2, 0.25) is 11.6 Å². The van der Waals surface area contributed by atoms with Crippen molar-refractivity contribution in [2.24, 2.45) is 7.05 Å². The highest BCUT2D eigenvalue weighted by molar-refractivity contribution is 5.88. The number of methoxy groups -OCH3 is 1. The lowest BCUT2D eigenvalue weighted by Gasteiger charge is -2.05. The molecule has 0 unspecified atom stereocenters. The highest BCUT2D eigenvalue weighted by atomic mass is 19.3. The molecule has 0 saturated carbocycles. The number of halogens is 2. The molecule has 2 N–H and O–H groups in total. The first-order valence-corrected chi connectivity index (χ1v) is 5.86. The molecule has 0 fully saturated rings. The number of aryl methyl sites for hydroxylation is 1. The maximum Gasteiger partial charge on any atom is 0.320 e. The number of amides is 2. The van der Waals surface area contributed by atoms with Crippen molar-refractivity contribution in [3.05, 3.63) is 23.6 Å². The van der Waals surface area contributed by atoms with Crippen molar-refractivity contribution in [3.63, 3.8) is 0 Å². The third-order valence-corrected chi connectivity index (χ3v) is 2.53. The molecule has 0 aliphatic heterocycles. The lowest BCUT2D eigenvalue weighted by Crippen LogP contribution is -2.29. The van der Waals surface area contributed by atoms with Gasteiger partial charge in [-0.2, -0.15) is 0 Å². The van der Waals surface area contributed by atoms with E-state index >= 15 is 0 Å². The van der Waals surface area contributed by atoms with Crippen LogP contribution in [0.1, 0.15) is 17.9 Å². The number of ether oxygens (including phenoxy) is 1. The Kier molecular flexibility index (Phi) is 4.36. The fourth-order valence-electron chi connectivity index (χ4n) is 1.50. The van der Waals surface area contributed by atoms with Gasteiger partial charge in [0.05, 0.1) is 13.7 Å². The molecule has 2 aromatic heterocycles. The molecule has 0 spiro atoms. The van der Waals surface area contributed by atoms with E-state index < -0.39 is 18.2 Å². The molecular formula is C11H13F2N5O3. The van der Waals surface area contributed by atoms with E-state index in [0.29, 0.717) is 11.7 Å². The summed E-state index contributed by atoms with van der Waals surface area (Å²) < 4.78 is 35.3. The number of carbonyl (C=O) groups is 1. The molecule has 0 aliphatic rings. The number of nitrogens with zero attached hydrogens (tertiary/aromatic N) is 3. The largest absolute Gasteiger partial charge is 0.480 e. The van der Waals surface area contributed by atoms with Gasteiger partial charge in [0.1, 0.15) is 11.5 Å². The van der Waals surface area contributed by atoms with Crippen LogP contribution in [-0.2, 0) is 13.6 Å². The Balaban J connectivity index is 1.88. The van der Waals surface area contributed by atoms with E-state index in [1.807, 2.05) is 0 Å². The van der Waals surface area contributed by atoms with Crippen molar-refractivity contribution in [2.45, 2.75) is 13.0 Å². The molecule has 114 valence electrons. The average molecular weight is 301 g/mol. The quantitative estimate of drug-likeness (QED) is 0.876. The first kappa shape index (κ1) is 14.8. The Morgan fingerprint density at radius 1 is 1.52 bits per heavy atom. The number of aromatic nitrogens is 3. The lowest BCUT2D eigenvalue weighted by molar-refractivity contribution is 0.112. The van der Waals surface area contributed by atoms with Crippen LogP contribution >= 0.6 is 0 Å². The number of alkyl halides is 2. The first-order chi connectivity index (χ1) is 9.99. The van der Waals surface area contributed by atoms with Gasteiger partial charge in [0, 0.05) is 19.2 Å². The summed E-state index contributed by atoms with van der Waals surface area (Å²) in [4.78, 5) is 11.7. The second-order valence-corrected chi connectivity index (χ2v) is 4.02. The minimum Gasteiger partial charge on any atom is -0.480 e. The second-order valence-electron chi connectivity index (χ2n) is 4.02. The van der Waals surface area contributed by atoms with E-state index in [4.69, 9.17) is 4.74 Å². The van der Waals surface area contributed by atoms with Gasteiger partial charge >= 0.3 is 6.03 Å². The molecule has 0 aliphatic carbocycles. The van der Waals surface area contributed by atoms with E-state index in [2.05, 4.69) is 25.4 Å². The Hall–Kier alpha value is -2.65. The fraction of sp³-hybridized carbons (Fsp3) is 0.364. The van der Waals surface area contributed by atoms with Gasteiger partial charge in [-0.3, -0.25) is 5.32 Å². The standard InChI is InChI=1S/C11H13F2N5O3/c1-18-8(4-9(16-18)20-2)15-11(19)14-5-6-3-7(10(12)13)21-17-6/h3-4,10H,5H2,1-2H3,(H2,14,15,19). The zero-order valence-electron chi connectivity index (χ0n) is 11.3. The second kappa shape index (κ2) is 6.20. The zero-order chi connectivity index (χ0) is 15.4. The van der Waals surface area contributed by atoms with Crippen molar-refractivity contribution in [1.29, 1.82) is 0 Å². The molecule has 0 aromatic carbocycles. The summed E-state index contributed by atoms with van der Waals surface area (Å²) in [5.74, 6) is 0.229. The number of anilines is 1. The molecule has 10 heteroatoms. The van der Waals surface area contributed by atoms with Crippen molar-refractivity contribution in [1.82, 2.24) is 20.3 Å².